The van der Waals surface area contributed by atoms with Gasteiger partial charge in [0.2, 0.25) is 0 Å². The number of imide groups is 1. The zero-order valence-corrected chi connectivity index (χ0v) is 19.9. The molecule has 0 radical (unpaired) electrons. The van der Waals surface area contributed by atoms with E-state index in [1.165, 1.54) is 4.90 Å². The fourth-order valence-corrected chi connectivity index (χ4v) is 4.46. The van der Waals surface area contributed by atoms with Crippen LogP contribution in [0.5, 0.6) is 5.75 Å². The molecule has 1 fully saturated rings. The third kappa shape index (κ3) is 4.46. The molecule has 1 saturated heterocycles. The minimum Gasteiger partial charge on any atom is -0.494 e. The molecule has 2 unspecified atom stereocenters. The van der Waals surface area contributed by atoms with Gasteiger partial charge in [-0.1, -0.05) is 18.2 Å². The molecule has 0 saturated carbocycles. The Labute approximate surface area is 195 Å². The number of carbonyl (C=O) groups excluding carboxylic acids is 2. The zero-order valence-electron chi connectivity index (χ0n) is 19.9. The van der Waals surface area contributed by atoms with Crippen molar-refractivity contribution < 1.29 is 19.1 Å². The summed E-state index contributed by atoms with van der Waals surface area (Å²) in [4.78, 5) is 32.8. The molecule has 4 rings (SSSR count). The number of benzene rings is 2. The highest BCUT2D eigenvalue weighted by Crippen LogP contribution is 2.37. The van der Waals surface area contributed by atoms with Crippen LogP contribution in [0.4, 0.5) is 11.4 Å². The Balaban J connectivity index is 1.80. The van der Waals surface area contributed by atoms with Crippen LogP contribution in [0.3, 0.4) is 0 Å². The van der Waals surface area contributed by atoms with Gasteiger partial charge in [-0.15, -0.1) is 0 Å². The standard InChI is InChI=1S/C26H31N3O4/c1-6-32-22-12-10-19(11-13-22)23-24(28-15-17(2)33-18(3)16-28)26(31)29(25(23)30)21-9-7-8-20(14-21)27(4)5/h7-14,17-18H,6,15-16H2,1-5H3. The second-order valence-corrected chi connectivity index (χ2v) is 8.70. The maximum Gasteiger partial charge on any atom is 0.282 e. The molecule has 2 heterocycles. The van der Waals surface area contributed by atoms with Crippen molar-refractivity contribution in [2.24, 2.45) is 0 Å². The SMILES string of the molecule is CCOc1ccc(C2=C(N3CC(C)OC(C)C3)C(=O)N(c3cccc(N(C)C)c3)C2=O)cc1. The van der Waals surface area contributed by atoms with Gasteiger partial charge in [0.15, 0.2) is 0 Å². The summed E-state index contributed by atoms with van der Waals surface area (Å²) < 4.78 is 11.4. The quantitative estimate of drug-likeness (QED) is 0.629. The van der Waals surface area contributed by atoms with Crippen molar-refractivity contribution in [2.75, 3.05) is 43.6 Å². The second kappa shape index (κ2) is 9.27. The summed E-state index contributed by atoms with van der Waals surface area (Å²) in [5.74, 6) is 0.104. The lowest BCUT2D eigenvalue weighted by atomic mass is 10.0. The highest BCUT2D eigenvalue weighted by molar-refractivity contribution is 6.45. The van der Waals surface area contributed by atoms with E-state index in [0.29, 0.717) is 42.2 Å². The van der Waals surface area contributed by atoms with Crippen molar-refractivity contribution in [3.8, 4) is 5.75 Å². The summed E-state index contributed by atoms with van der Waals surface area (Å²) >= 11 is 0. The number of anilines is 2. The molecule has 2 aliphatic heterocycles. The van der Waals surface area contributed by atoms with Crippen LogP contribution < -0.4 is 14.5 Å². The highest BCUT2D eigenvalue weighted by Gasteiger charge is 2.44. The number of hydrogen-bond donors (Lipinski definition) is 0. The summed E-state index contributed by atoms with van der Waals surface area (Å²) in [5.41, 5.74) is 3.02. The lowest BCUT2D eigenvalue weighted by molar-refractivity contribution is -0.121. The molecule has 33 heavy (non-hydrogen) atoms. The van der Waals surface area contributed by atoms with Crippen molar-refractivity contribution in [1.82, 2.24) is 4.90 Å². The van der Waals surface area contributed by atoms with E-state index in [4.69, 9.17) is 9.47 Å². The van der Waals surface area contributed by atoms with Gasteiger partial charge in [-0.2, -0.15) is 0 Å². The third-order valence-electron chi connectivity index (χ3n) is 5.85. The van der Waals surface area contributed by atoms with Gasteiger partial charge in [0.05, 0.1) is 30.1 Å². The number of morpholine rings is 1. The molecule has 7 nitrogen and oxygen atoms in total. The van der Waals surface area contributed by atoms with Gasteiger partial charge in [0, 0.05) is 32.9 Å². The van der Waals surface area contributed by atoms with Crippen molar-refractivity contribution in [3.63, 3.8) is 0 Å². The molecule has 2 atom stereocenters. The second-order valence-electron chi connectivity index (χ2n) is 8.70. The molecule has 7 heteroatoms. The number of nitrogens with zero attached hydrogens (tertiary/aromatic N) is 3. The van der Waals surface area contributed by atoms with Gasteiger partial charge in [-0.25, -0.2) is 4.90 Å². The molecule has 0 aliphatic carbocycles. The first-order valence-electron chi connectivity index (χ1n) is 11.3. The number of carbonyl (C=O) groups is 2. The van der Waals surface area contributed by atoms with Crippen LogP contribution in [0.15, 0.2) is 54.2 Å². The molecule has 0 N–H and O–H groups in total. The molecule has 2 aromatic carbocycles. The first-order chi connectivity index (χ1) is 15.8. The fraction of sp³-hybridized carbons (Fsp3) is 0.385. The van der Waals surface area contributed by atoms with E-state index in [9.17, 15) is 9.59 Å². The van der Waals surface area contributed by atoms with Gasteiger partial charge in [-0.05, 0) is 56.7 Å². The first kappa shape index (κ1) is 22.9. The average Bonchev–Trinajstić information content (AvgIpc) is 3.04. The largest absolute Gasteiger partial charge is 0.494 e. The number of rotatable bonds is 6. The molecule has 0 spiro atoms. The van der Waals surface area contributed by atoms with Crippen LogP contribution in [0.2, 0.25) is 0 Å². The van der Waals surface area contributed by atoms with Crippen molar-refractivity contribution >= 4 is 28.8 Å². The van der Waals surface area contributed by atoms with Gasteiger partial charge >= 0.3 is 0 Å². The molecule has 0 bridgehead atoms. The summed E-state index contributed by atoms with van der Waals surface area (Å²) in [6, 6.07) is 14.8. The van der Waals surface area contributed by atoms with Crippen molar-refractivity contribution in [3.05, 3.63) is 59.8 Å². The lowest BCUT2D eigenvalue weighted by Gasteiger charge is -2.37. The minimum atomic E-state index is -0.318. The van der Waals surface area contributed by atoms with Crippen molar-refractivity contribution in [1.29, 1.82) is 0 Å². The van der Waals surface area contributed by atoms with Crippen LogP contribution in [-0.2, 0) is 14.3 Å². The van der Waals surface area contributed by atoms with Gasteiger partial charge in [0.1, 0.15) is 11.4 Å². The molecule has 2 aliphatic rings. The maximum absolute atomic E-state index is 13.8. The Kier molecular flexibility index (Phi) is 6.42. The van der Waals surface area contributed by atoms with Gasteiger partial charge < -0.3 is 19.3 Å². The Bertz CT molecular complexity index is 1070. The summed E-state index contributed by atoms with van der Waals surface area (Å²) in [6.45, 7) is 7.55. The van der Waals surface area contributed by atoms with Crippen LogP contribution in [0.25, 0.3) is 5.57 Å². The summed E-state index contributed by atoms with van der Waals surface area (Å²) in [6.07, 6.45) is -0.0892. The Morgan fingerprint density at radius 2 is 1.67 bits per heavy atom. The predicted molar refractivity (Wildman–Crippen MR) is 129 cm³/mol. The van der Waals surface area contributed by atoms with E-state index in [2.05, 4.69) is 0 Å². The molecular formula is C26H31N3O4. The molecule has 0 aromatic heterocycles. The van der Waals surface area contributed by atoms with Crippen LogP contribution in [0, 0.1) is 0 Å². The van der Waals surface area contributed by atoms with E-state index in [-0.39, 0.29) is 24.0 Å². The highest BCUT2D eigenvalue weighted by atomic mass is 16.5. The average molecular weight is 450 g/mol. The van der Waals surface area contributed by atoms with E-state index in [1.54, 1.807) is 6.07 Å². The fourth-order valence-electron chi connectivity index (χ4n) is 4.46. The van der Waals surface area contributed by atoms with E-state index < -0.39 is 0 Å². The van der Waals surface area contributed by atoms with Crippen LogP contribution in [-0.4, -0.2) is 62.7 Å². The monoisotopic (exact) mass is 449 g/mol. The topological polar surface area (TPSA) is 62.3 Å². The summed E-state index contributed by atoms with van der Waals surface area (Å²) in [5, 5.41) is 0. The van der Waals surface area contributed by atoms with E-state index in [1.807, 2.05) is 87.1 Å². The van der Waals surface area contributed by atoms with Crippen LogP contribution in [0.1, 0.15) is 26.3 Å². The molecule has 174 valence electrons. The van der Waals surface area contributed by atoms with Gasteiger partial charge in [-0.3, -0.25) is 9.59 Å². The molecule has 2 amide bonds. The Hall–Kier alpha value is -3.32. The zero-order chi connectivity index (χ0) is 23.7. The maximum atomic E-state index is 13.8. The van der Waals surface area contributed by atoms with E-state index in [0.717, 1.165) is 11.4 Å². The lowest BCUT2D eigenvalue weighted by Crippen LogP contribution is -2.47. The molecular weight excluding hydrogens is 418 g/mol. The Morgan fingerprint density at radius 1 is 1.00 bits per heavy atom. The normalized spacial score (nSPS) is 21.1. The summed E-state index contributed by atoms with van der Waals surface area (Å²) in [7, 11) is 3.86. The smallest absolute Gasteiger partial charge is 0.282 e. The van der Waals surface area contributed by atoms with Crippen LogP contribution >= 0.6 is 0 Å². The van der Waals surface area contributed by atoms with E-state index >= 15 is 0 Å². The minimum absolute atomic E-state index is 0.0446. The Morgan fingerprint density at radius 3 is 2.27 bits per heavy atom. The number of hydrogen-bond acceptors (Lipinski definition) is 6. The first-order valence-corrected chi connectivity index (χ1v) is 11.3. The molecule has 2 aromatic rings. The number of amides is 2. The predicted octanol–water partition coefficient (Wildman–Crippen LogP) is 3.55. The number of ether oxygens (including phenoxy) is 2. The third-order valence-corrected chi connectivity index (χ3v) is 5.85. The van der Waals surface area contributed by atoms with Crippen molar-refractivity contribution in [2.45, 2.75) is 33.0 Å². The van der Waals surface area contributed by atoms with Gasteiger partial charge in [0.25, 0.3) is 11.8 Å².